The summed E-state index contributed by atoms with van der Waals surface area (Å²) in [6, 6.07) is 3.98. The van der Waals surface area contributed by atoms with Crippen LogP contribution in [0.3, 0.4) is 0 Å². The summed E-state index contributed by atoms with van der Waals surface area (Å²) < 4.78 is 10.5. The predicted octanol–water partition coefficient (Wildman–Crippen LogP) is 3.30. The molecule has 1 aromatic rings. The standard InChI is InChI=1S/C19H25N3O5/c1-18(2)12-7-8-19(18,3)16(9-12)20-21-17(23)11-27-15-10-13(22(24)25)5-6-14(15)26-4/h5-6,10,12H,7-9,11H2,1-4H3,(H,21,23)/b20-16+. The summed E-state index contributed by atoms with van der Waals surface area (Å²) in [6.07, 6.45) is 3.19. The number of hydrogen-bond acceptors (Lipinski definition) is 6. The number of benzene rings is 1. The molecule has 0 radical (unpaired) electrons. The lowest BCUT2D eigenvalue weighted by atomic mass is 9.70. The largest absolute Gasteiger partial charge is 0.493 e. The fourth-order valence-corrected chi connectivity index (χ4v) is 4.29. The van der Waals surface area contributed by atoms with Crippen LogP contribution in [-0.2, 0) is 4.79 Å². The Morgan fingerprint density at radius 2 is 2.11 bits per heavy atom. The molecule has 0 spiro atoms. The Morgan fingerprint density at radius 3 is 2.67 bits per heavy atom. The van der Waals surface area contributed by atoms with E-state index in [2.05, 4.69) is 31.3 Å². The first-order chi connectivity index (χ1) is 12.7. The number of rotatable bonds is 6. The molecule has 1 N–H and O–H groups in total. The lowest BCUT2D eigenvalue weighted by Gasteiger charge is -2.34. The molecule has 2 aliphatic rings. The molecule has 2 atom stereocenters. The van der Waals surface area contributed by atoms with Crippen molar-refractivity contribution in [2.75, 3.05) is 13.7 Å². The number of ether oxygens (including phenoxy) is 2. The first-order valence-electron chi connectivity index (χ1n) is 9.00. The van der Waals surface area contributed by atoms with E-state index in [0.717, 1.165) is 18.6 Å². The van der Waals surface area contributed by atoms with Gasteiger partial charge in [-0.3, -0.25) is 14.9 Å². The smallest absolute Gasteiger partial charge is 0.277 e. The van der Waals surface area contributed by atoms with Crippen LogP contribution in [0.15, 0.2) is 23.3 Å². The van der Waals surface area contributed by atoms with Crippen LogP contribution in [0, 0.1) is 26.9 Å². The monoisotopic (exact) mass is 375 g/mol. The number of nitro benzene ring substituents is 1. The molecule has 2 unspecified atom stereocenters. The molecule has 0 aliphatic heterocycles. The molecule has 1 amide bonds. The number of carbonyl (C=O) groups is 1. The average molecular weight is 375 g/mol. The number of nitro groups is 1. The van der Waals surface area contributed by atoms with E-state index in [1.165, 1.54) is 31.7 Å². The lowest BCUT2D eigenvalue weighted by Crippen LogP contribution is -2.35. The van der Waals surface area contributed by atoms with Crippen LogP contribution >= 0.6 is 0 Å². The van der Waals surface area contributed by atoms with Gasteiger partial charge in [-0.15, -0.1) is 0 Å². The maximum absolute atomic E-state index is 12.1. The molecule has 2 fully saturated rings. The van der Waals surface area contributed by atoms with Crippen molar-refractivity contribution < 1.29 is 19.2 Å². The fraction of sp³-hybridized carbons (Fsp3) is 0.579. The van der Waals surface area contributed by atoms with Gasteiger partial charge in [0.05, 0.1) is 18.1 Å². The van der Waals surface area contributed by atoms with Crippen molar-refractivity contribution in [2.24, 2.45) is 21.8 Å². The number of nitrogens with one attached hydrogen (secondary N) is 1. The Hall–Kier alpha value is -2.64. The van der Waals surface area contributed by atoms with Gasteiger partial charge in [-0.25, -0.2) is 5.43 Å². The van der Waals surface area contributed by atoms with Crippen LogP contribution in [0.25, 0.3) is 0 Å². The second kappa shape index (κ2) is 6.83. The van der Waals surface area contributed by atoms with Crippen LogP contribution in [0.4, 0.5) is 5.69 Å². The molecule has 1 aromatic carbocycles. The van der Waals surface area contributed by atoms with E-state index in [9.17, 15) is 14.9 Å². The second-order valence-electron chi connectivity index (χ2n) is 7.97. The predicted molar refractivity (Wildman–Crippen MR) is 100.0 cm³/mol. The number of amides is 1. The number of hydrazone groups is 1. The van der Waals surface area contributed by atoms with E-state index < -0.39 is 10.8 Å². The molecule has 0 aromatic heterocycles. The molecule has 8 heteroatoms. The maximum Gasteiger partial charge on any atom is 0.277 e. The zero-order chi connectivity index (χ0) is 19.8. The van der Waals surface area contributed by atoms with Gasteiger partial charge in [0, 0.05) is 17.2 Å². The number of hydrogen-bond donors (Lipinski definition) is 1. The highest BCUT2D eigenvalue weighted by atomic mass is 16.6. The Labute approximate surface area is 158 Å². The summed E-state index contributed by atoms with van der Waals surface area (Å²) in [5.74, 6) is 0.647. The topological polar surface area (TPSA) is 103 Å². The summed E-state index contributed by atoms with van der Waals surface area (Å²) in [5, 5.41) is 15.3. The average Bonchev–Trinajstić information content (AvgIpc) is 2.97. The van der Waals surface area contributed by atoms with Crippen LogP contribution in [0.5, 0.6) is 11.5 Å². The third-order valence-electron chi connectivity index (χ3n) is 6.54. The minimum Gasteiger partial charge on any atom is -0.493 e. The molecule has 8 nitrogen and oxygen atoms in total. The summed E-state index contributed by atoms with van der Waals surface area (Å²) in [4.78, 5) is 22.5. The number of methoxy groups -OCH3 is 1. The van der Waals surface area contributed by atoms with E-state index in [1.807, 2.05) is 0 Å². The highest BCUT2D eigenvalue weighted by Crippen LogP contribution is 2.63. The van der Waals surface area contributed by atoms with Gasteiger partial charge in [0.1, 0.15) is 0 Å². The highest BCUT2D eigenvalue weighted by molar-refractivity contribution is 5.95. The molecule has 146 valence electrons. The van der Waals surface area contributed by atoms with Crippen LogP contribution in [-0.4, -0.2) is 30.3 Å². The zero-order valence-corrected chi connectivity index (χ0v) is 16.1. The fourth-order valence-electron chi connectivity index (χ4n) is 4.29. The summed E-state index contributed by atoms with van der Waals surface area (Å²) in [6.45, 7) is 6.45. The van der Waals surface area contributed by atoms with Crippen molar-refractivity contribution >= 4 is 17.3 Å². The van der Waals surface area contributed by atoms with Gasteiger partial charge < -0.3 is 9.47 Å². The minimum absolute atomic E-state index is 0.00899. The van der Waals surface area contributed by atoms with Crippen molar-refractivity contribution in [2.45, 2.75) is 40.0 Å². The normalized spacial score (nSPS) is 26.8. The molecular weight excluding hydrogens is 350 g/mol. The molecular formula is C19H25N3O5. The molecule has 2 bridgehead atoms. The summed E-state index contributed by atoms with van der Waals surface area (Å²) in [5.41, 5.74) is 3.66. The molecule has 2 aliphatic carbocycles. The van der Waals surface area contributed by atoms with Gasteiger partial charge >= 0.3 is 0 Å². The first-order valence-corrected chi connectivity index (χ1v) is 9.00. The number of carbonyl (C=O) groups excluding carboxylic acids is 1. The second-order valence-corrected chi connectivity index (χ2v) is 7.97. The number of fused-ring (bicyclic) bond motifs is 2. The van der Waals surface area contributed by atoms with Crippen molar-refractivity contribution in [1.82, 2.24) is 5.43 Å². The Morgan fingerprint density at radius 1 is 1.37 bits per heavy atom. The molecule has 3 rings (SSSR count). The lowest BCUT2D eigenvalue weighted by molar-refractivity contribution is -0.385. The molecule has 27 heavy (non-hydrogen) atoms. The molecule has 2 saturated carbocycles. The van der Waals surface area contributed by atoms with Crippen molar-refractivity contribution in [3.05, 3.63) is 28.3 Å². The third kappa shape index (κ3) is 3.24. The number of non-ortho nitro benzene ring substituents is 1. The van der Waals surface area contributed by atoms with E-state index in [-0.39, 0.29) is 28.9 Å². The van der Waals surface area contributed by atoms with Gasteiger partial charge in [0.15, 0.2) is 18.1 Å². The van der Waals surface area contributed by atoms with Crippen molar-refractivity contribution in [3.8, 4) is 11.5 Å². The summed E-state index contributed by atoms with van der Waals surface area (Å²) in [7, 11) is 1.43. The van der Waals surface area contributed by atoms with Gasteiger partial charge in [-0.1, -0.05) is 20.8 Å². The van der Waals surface area contributed by atoms with Gasteiger partial charge in [-0.05, 0) is 36.7 Å². The van der Waals surface area contributed by atoms with Crippen LogP contribution in [0.2, 0.25) is 0 Å². The Balaban J connectivity index is 1.63. The Kier molecular flexibility index (Phi) is 4.84. The minimum atomic E-state index is -0.532. The van der Waals surface area contributed by atoms with Crippen LogP contribution < -0.4 is 14.9 Å². The maximum atomic E-state index is 12.1. The number of nitrogens with zero attached hydrogens (tertiary/aromatic N) is 2. The highest BCUT2D eigenvalue weighted by Gasteiger charge is 2.60. The molecule has 0 saturated heterocycles. The van der Waals surface area contributed by atoms with E-state index in [1.54, 1.807) is 0 Å². The van der Waals surface area contributed by atoms with Crippen LogP contribution in [0.1, 0.15) is 40.0 Å². The Bertz CT molecular complexity index is 805. The quantitative estimate of drug-likeness (QED) is 0.607. The third-order valence-corrected chi connectivity index (χ3v) is 6.54. The zero-order valence-electron chi connectivity index (χ0n) is 16.1. The summed E-state index contributed by atoms with van der Waals surface area (Å²) >= 11 is 0. The van der Waals surface area contributed by atoms with Gasteiger partial charge in [-0.2, -0.15) is 5.10 Å². The van der Waals surface area contributed by atoms with E-state index >= 15 is 0 Å². The van der Waals surface area contributed by atoms with Crippen molar-refractivity contribution in [3.63, 3.8) is 0 Å². The van der Waals surface area contributed by atoms with Crippen molar-refractivity contribution in [1.29, 1.82) is 0 Å². The van der Waals surface area contributed by atoms with Gasteiger partial charge in [0.25, 0.3) is 11.6 Å². The van der Waals surface area contributed by atoms with E-state index in [0.29, 0.717) is 11.7 Å². The SMILES string of the molecule is COc1ccc([N+](=O)[O-])cc1OCC(=O)N/N=C1\CC2CCC1(C)C2(C)C. The van der Waals surface area contributed by atoms with E-state index in [4.69, 9.17) is 9.47 Å². The molecule has 0 heterocycles. The van der Waals surface area contributed by atoms with Gasteiger partial charge in [0.2, 0.25) is 0 Å². The first kappa shape index (κ1) is 19.1.